The summed E-state index contributed by atoms with van der Waals surface area (Å²) in [6, 6.07) is 3.10. The smallest absolute Gasteiger partial charge is 0.340 e. The van der Waals surface area contributed by atoms with Gasteiger partial charge >= 0.3 is 5.97 Å². The van der Waals surface area contributed by atoms with E-state index >= 15 is 0 Å². The minimum atomic E-state index is -0.459. The Balaban J connectivity index is 2.03. The fourth-order valence-electron chi connectivity index (χ4n) is 1.43. The molecule has 0 saturated heterocycles. The van der Waals surface area contributed by atoms with Crippen molar-refractivity contribution in [1.29, 1.82) is 0 Å². The Kier molecular flexibility index (Phi) is 3.62. The van der Waals surface area contributed by atoms with Gasteiger partial charge in [-0.1, -0.05) is 16.8 Å². The van der Waals surface area contributed by atoms with Crippen LogP contribution in [0.4, 0.5) is 0 Å². The van der Waals surface area contributed by atoms with Crippen molar-refractivity contribution in [3.8, 4) is 0 Å². The second-order valence-corrected chi connectivity index (χ2v) is 4.14. The Bertz CT molecular complexity index is 544. The van der Waals surface area contributed by atoms with Crippen LogP contribution in [0.15, 0.2) is 22.9 Å². The first-order valence-corrected chi connectivity index (χ1v) is 5.66. The van der Waals surface area contributed by atoms with Crippen LogP contribution in [-0.2, 0) is 11.3 Å². The van der Waals surface area contributed by atoms with Crippen molar-refractivity contribution in [2.75, 3.05) is 0 Å². The second-order valence-electron chi connectivity index (χ2n) is 3.75. The van der Waals surface area contributed by atoms with Gasteiger partial charge in [0.2, 0.25) is 0 Å². The third kappa shape index (κ3) is 2.68. The number of halogens is 1. The summed E-state index contributed by atoms with van der Waals surface area (Å²) in [5.41, 5.74) is 1.85. The lowest BCUT2D eigenvalue weighted by Crippen LogP contribution is -2.06. The van der Waals surface area contributed by atoms with Crippen molar-refractivity contribution in [1.82, 2.24) is 10.1 Å². The predicted octanol–water partition coefficient (Wildman–Crippen LogP) is 2.70. The zero-order valence-electron chi connectivity index (χ0n) is 9.94. The lowest BCUT2D eigenvalue weighted by Gasteiger charge is -2.04. The van der Waals surface area contributed by atoms with E-state index in [1.54, 1.807) is 19.9 Å². The van der Waals surface area contributed by atoms with E-state index in [4.69, 9.17) is 20.9 Å². The van der Waals surface area contributed by atoms with E-state index < -0.39 is 5.97 Å². The summed E-state index contributed by atoms with van der Waals surface area (Å²) in [4.78, 5) is 15.5. The standard InChI is InChI=1S/C12H11ClN2O3/c1-7-10(8(2)18-15-7)6-17-12(16)9-3-4-11(13)14-5-9/h3-5H,6H2,1-2H3. The molecule has 0 fully saturated rings. The summed E-state index contributed by atoms with van der Waals surface area (Å²) in [6.07, 6.45) is 1.37. The maximum Gasteiger partial charge on any atom is 0.340 e. The summed E-state index contributed by atoms with van der Waals surface area (Å²) < 4.78 is 10.1. The number of hydrogen-bond donors (Lipinski definition) is 0. The van der Waals surface area contributed by atoms with Crippen molar-refractivity contribution in [2.24, 2.45) is 0 Å². The van der Waals surface area contributed by atoms with Crippen molar-refractivity contribution in [2.45, 2.75) is 20.5 Å². The number of aryl methyl sites for hydroxylation is 2. The Hall–Kier alpha value is -1.88. The molecule has 2 rings (SSSR count). The molecule has 0 spiro atoms. The van der Waals surface area contributed by atoms with E-state index in [0.717, 1.165) is 11.3 Å². The van der Waals surface area contributed by atoms with Gasteiger partial charge in [0.25, 0.3) is 0 Å². The Morgan fingerprint density at radius 1 is 1.44 bits per heavy atom. The van der Waals surface area contributed by atoms with Gasteiger partial charge in [0.1, 0.15) is 17.5 Å². The summed E-state index contributed by atoms with van der Waals surface area (Å²) in [6.45, 7) is 3.69. The molecule has 0 saturated carbocycles. The number of carbonyl (C=O) groups excluding carboxylic acids is 1. The van der Waals surface area contributed by atoms with Crippen LogP contribution in [0.3, 0.4) is 0 Å². The van der Waals surface area contributed by atoms with E-state index in [-0.39, 0.29) is 6.61 Å². The number of esters is 1. The molecule has 0 unspecified atom stereocenters. The lowest BCUT2D eigenvalue weighted by molar-refractivity contribution is 0.0470. The van der Waals surface area contributed by atoms with E-state index in [2.05, 4.69) is 10.1 Å². The average Bonchev–Trinajstić information content (AvgIpc) is 2.67. The van der Waals surface area contributed by atoms with Gasteiger partial charge in [-0.3, -0.25) is 0 Å². The van der Waals surface area contributed by atoms with Crippen molar-refractivity contribution in [3.63, 3.8) is 0 Å². The molecular formula is C12H11ClN2O3. The fourth-order valence-corrected chi connectivity index (χ4v) is 1.54. The Morgan fingerprint density at radius 2 is 2.22 bits per heavy atom. The number of rotatable bonds is 3. The van der Waals surface area contributed by atoms with Crippen LogP contribution < -0.4 is 0 Å². The number of hydrogen-bond acceptors (Lipinski definition) is 5. The van der Waals surface area contributed by atoms with Crippen molar-refractivity contribution in [3.05, 3.63) is 46.1 Å². The topological polar surface area (TPSA) is 65.2 Å². The molecular weight excluding hydrogens is 256 g/mol. The van der Waals surface area contributed by atoms with E-state index in [9.17, 15) is 4.79 Å². The van der Waals surface area contributed by atoms with Gasteiger partial charge in [-0.15, -0.1) is 0 Å². The minimum Gasteiger partial charge on any atom is -0.457 e. The van der Waals surface area contributed by atoms with Gasteiger partial charge < -0.3 is 9.26 Å². The number of nitrogens with zero attached hydrogens (tertiary/aromatic N) is 2. The molecule has 2 aromatic heterocycles. The minimum absolute atomic E-state index is 0.128. The molecule has 0 aliphatic heterocycles. The quantitative estimate of drug-likeness (QED) is 0.631. The monoisotopic (exact) mass is 266 g/mol. The average molecular weight is 267 g/mol. The third-order valence-corrected chi connectivity index (χ3v) is 2.72. The summed E-state index contributed by atoms with van der Waals surface area (Å²) in [7, 11) is 0. The molecule has 5 nitrogen and oxygen atoms in total. The van der Waals surface area contributed by atoms with Crippen LogP contribution in [0.25, 0.3) is 0 Å². The Labute approximate surface area is 109 Å². The van der Waals surface area contributed by atoms with Crippen LogP contribution in [0.1, 0.15) is 27.4 Å². The van der Waals surface area contributed by atoms with Crippen molar-refractivity contribution < 1.29 is 14.1 Å². The molecule has 0 radical (unpaired) electrons. The summed E-state index contributed by atoms with van der Waals surface area (Å²) in [5.74, 6) is 0.189. The van der Waals surface area contributed by atoms with Gasteiger partial charge in [0, 0.05) is 6.20 Å². The van der Waals surface area contributed by atoms with Crippen LogP contribution >= 0.6 is 11.6 Å². The molecule has 0 aliphatic rings. The predicted molar refractivity (Wildman–Crippen MR) is 64.3 cm³/mol. The molecule has 0 bridgehead atoms. The van der Waals surface area contributed by atoms with Gasteiger partial charge in [0.05, 0.1) is 16.8 Å². The van der Waals surface area contributed by atoms with Crippen LogP contribution in [0.2, 0.25) is 5.15 Å². The highest BCUT2D eigenvalue weighted by atomic mass is 35.5. The highest BCUT2D eigenvalue weighted by Gasteiger charge is 2.13. The normalized spacial score (nSPS) is 10.4. The van der Waals surface area contributed by atoms with Crippen LogP contribution in [0.5, 0.6) is 0 Å². The van der Waals surface area contributed by atoms with E-state index in [0.29, 0.717) is 16.5 Å². The van der Waals surface area contributed by atoms with Gasteiger partial charge in [-0.2, -0.15) is 0 Å². The number of carbonyl (C=O) groups is 1. The van der Waals surface area contributed by atoms with Gasteiger partial charge in [0.15, 0.2) is 0 Å². The summed E-state index contributed by atoms with van der Waals surface area (Å²) >= 11 is 5.63. The molecule has 94 valence electrons. The SMILES string of the molecule is Cc1noc(C)c1COC(=O)c1ccc(Cl)nc1. The zero-order chi connectivity index (χ0) is 13.1. The molecule has 0 N–H and O–H groups in total. The lowest BCUT2D eigenvalue weighted by atomic mass is 10.2. The second kappa shape index (κ2) is 5.18. The first-order chi connectivity index (χ1) is 8.58. The molecule has 0 aliphatic carbocycles. The zero-order valence-corrected chi connectivity index (χ0v) is 10.7. The maximum atomic E-state index is 11.7. The fraction of sp³-hybridized carbons (Fsp3) is 0.250. The maximum absolute atomic E-state index is 11.7. The molecule has 2 aromatic rings. The van der Waals surface area contributed by atoms with E-state index in [1.165, 1.54) is 12.3 Å². The molecule has 0 aromatic carbocycles. The number of aromatic nitrogens is 2. The van der Waals surface area contributed by atoms with Crippen LogP contribution in [-0.4, -0.2) is 16.1 Å². The molecule has 2 heterocycles. The molecule has 0 amide bonds. The van der Waals surface area contributed by atoms with Crippen molar-refractivity contribution >= 4 is 17.6 Å². The van der Waals surface area contributed by atoms with Crippen LogP contribution in [0, 0.1) is 13.8 Å². The highest BCUT2D eigenvalue weighted by Crippen LogP contribution is 2.14. The first kappa shape index (κ1) is 12.6. The largest absolute Gasteiger partial charge is 0.457 e. The van der Waals surface area contributed by atoms with E-state index in [1.807, 2.05) is 0 Å². The molecule has 6 heteroatoms. The number of pyridine rings is 1. The third-order valence-electron chi connectivity index (χ3n) is 2.49. The number of ether oxygens (including phenoxy) is 1. The molecule has 0 atom stereocenters. The first-order valence-electron chi connectivity index (χ1n) is 5.28. The molecule has 18 heavy (non-hydrogen) atoms. The Morgan fingerprint density at radius 3 is 2.78 bits per heavy atom. The van der Waals surface area contributed by atoms with Gasteiger partial charge in [-0.05, 0) is 26.0 Å². The summed E-state index contributed by atoms with van der Waals surface area (Å²) in [5, 5.41) is 4.11. The van der Waals surface area contributed by atoms with Gasteiger partial charge in [-0.25, -0.2) is 9.78 Å². The highest BCUT2D eigenvalue weighted by molar-refractivity contribution is 6.29.